The molecule has 0 aliphatic carbocycles. The number of hydrogen-bond acceptors (Lipinski definition) is 5. The second kappa shape index (κ2) is 61.6. The molecular formula is C67H112O5. The molecule has 0 bridgehead atoms. The van der Waals surface area contributed by atoms with Crippen LogP contribution < -0.4 is 0 Å². The van der Waals surface area contributed by atoms with E-state index in [4.69, 9.17) is 9.47 Å². The van der Waals surface area contributed by atoms with Crippen molar-refractivity contribution in [2.24, 2.45) is 0 Å². The molecule has 5 nitrogen and oxygen atoms in total. The summed E-state index contributed by atoms with van der Waals surface area (Å²) in [6, 6.07) is 0. The molecule has 0 saturated heterocycles. The molecule has 1 unspecified atom stereocenters. The van der Waals surface area contributed by atoms with Crippen LogP contribution in [-0.4, -0.2) is 36.4 Å². The van der Waals surface area contributed by atoms with Crippen LogP contribution in [-0.2, 0) is 19.1 Å². The van der Waals surface area contributed by atoms with Gasteiger partial charge in [0.2, 0.25) is 0 Å². The maximum absolute atomic E-state index is 12.3. The molecule has 5 heteroatoms. The van der Waals surface area contributed by atoms with Crippen molar-refractivity contribution >= 4 is 11.9 Å². The Labute approximate surface area is 445 Å². The van der Waals surface area contributed by atoms with Crippen LogP contribution in [0.3, 0.4) is 0 Å². The van der Waals surface area contributed by atoms with Gasteiger partial charge in [-0.05, 0) is 109 Å². The Morgan fingerprint density at radius 1 is 0.333 bits per heavy atom. The summed E-state index contributed by atoms with van der Waals surface area (Å²) in [5.74, 6) is -0.601. The van der Waals surface area contributed by atoms with E-state index in [1.807, 2.05) is 0 Å². The molecule has 0 aliphatic rings. The molecular weight excluding hydrogens is 885 g/mol. The highest BCUT2D eigenvalue weighted by molar-refractivity contribution is 5.70. The van der Waals surface area contributed by atoms with Crippen LogP contribution >= 0.6 is 0 Å². The molecule has 0 heterocycles. The molecule has 0 aromatic rings. The van der Waals surface area contributed by atoms with Crippen molar-refractivity contribution in [2.75, 3.05) is 13.2 Å². The maximum atomic E-state index is 12.3. The zero-order chi connectivity index (χ0) is 52.0. The molecule has 0 fully saturated rings. The summed E-state index contributed by atoms with van der Waals surface area (Å²) < 4.78 is 10.7. The third-order valence-electron chi connectivity index (χ3n) is 12.7. The highest BCUT2D eigenvalue weighted by Gasteiger charge is 2.16. The van der Waals surface area contributed by atoms with E-state index in [9.17, 15) is 14.7 Å². The molecule has 0 aliphatic heterocycles. The van der Waals surface area contributed by atoms with E-state index in [2.05, 4.69) is 135 Å². The van der Waals surface area contributed by atoms with Gasteiger partial charge in [-0.2, -0.15) is 0 Å². The Morgan fingerprint density at radius 3 is 0.903 bits per heavy atom. The first-order valence-electron chi connectivity index (χ1n) is 30.1. The van der Waals surface area contributed by atoms with Gasteiger partial charge in [-0.15, -0.1) is 0 Å². The number of carbonyl (C=O) groups is 2. The number of allylic oxidation sites excluding steroid dienone is 20. The Bertz CT molecular complexity index is 1450. The third-order valence-corrected chi connectivity index (χ3v) is 12.7. The first kappa shape index (κ1) is 68.3. The first-order valence-corrected chi connectivity index (χ1v) is 30.1. The smallest absolute Gasteiger partial charge is 0.306 e. The summed E-state index contributed by atoms with van der Waals surface area (Å²) in [5.41, 5.74) is 0. The van der Waals surface area contributed by atoms with E-state index < -0.39 is 6.10 Å². The fourth-order valence-electron chi connectivity index (χ4n) is 8.25. The van der Waals surface area contributed by atoms with Gasteiger partial charge in [0.25, 0.3) is 0 Å². The summed E-state index contributed by atoms with van der Waals surface area (Å²) in [6.07, 6.45) is 90.3. The minimum Gasteiger partial charge on any atom is -0.462 e. The largest absolute Gasteiger partial charge is 0.462 e. The fourth-order valence-corrected chi connectivity index (χ4v) is 8.25. The van der Waals surface area contributed by atoms with E-state index in [0.717, 1.165) is 103 Å². The molecule has 0 spiro atoms. The van der Waals surface area contributed by atoms with Crippen molar-refractivity contribution in [3.8, 4) is 0 Å². The number of carbonyl (C=O) groups excluding carboxylic acids is 2. The first-order chi connectivity index (χ1) is 35.6. The SMILES string of the molecule is CC/C=C\C/C=C\C/C=C\C/C=C\C/C=C\C/C=C\C/C=C\C/C=C\CCCCCCCCCCC(=O)OC(CO)COC(=O)CCCCCCCCCCCCCCC/C=C\C/C=C\CCCCCCC. The number of esters is 2. The average Bonchev–Trinajstić information content (AvgIpc) is 3.38. The molecule has 1 atom stereocenters. The molecule has 0 aromatic carbocycles. The monoisotopic (exact) mass is 997 g/mol. The third kappa shape index (κ3) is 58.9. The van der Waals surface area contributed by atoms with Crippen LogP contribution in [0.2, 0.25) is 0 Å². The van der Waals surface area contributed by atoms with Crippen LogP contribution in [0.4, 0.5) is 0 Å². The number of aliphatic hydroxyl groups excluding tert-OH is 1. The van der Waals surface area contributed by atoms with Crippen molar-refractivity contribution in [3.63, 3.8) is 0 Å². The lowest BCUT2D eigenvalue weighted by Gasteiger charge is -2.15. The Balaban J connectivity index is 3.56. The number of ether oxygens (including phenoxy) is 2. The zero-order valence-electron chi connectivity index (χ0n) is 46.9. The normalized spacial score (nSPS) is 13.1. The lowest BCUT2D eigenvalue weighted by molar-refractivity contribution is -0.161. The Morgan fingerprint density at radius 2 is 0.597 bits per heavy atom. The van der Waals surface area contributed by atoms with Gasteiger partial charge in [-0.1, -0.05) is 270 Å². The number of unbranched alkanes of at least 4 members (excludes halogenated alkanes) is 26. The van der Waals surface area contributed by atoms with Crippen LogP contribution in [0.1, 0.15) is 271 Å². The summed E-state index contributed by atoms with van der Waals surface area (Å²) in [6.45, 7) is 4.02. The fraction of sp³-hybridized carbons (Fsp3) is 0.672. The molecule has 0 saturated carbocycles. The number of hydrogen-bond donors (Lipinski definition) is 1. The summed E-state index contributed by atoms with van der Waals surface area (Å²) in [5, 5.41) is 9.67. The van der Waals surface area contributed by atoms with E-state index >= 15 is 0 Å². The van der Waals surface area contributed by atoms with Gasteiger partial charge in [0.05, 0.1) is 6.61 Å². The molecule has 0 radical (unpaired) electrons. The standard InChI is InChI=1S/C67H112O5/c1-3-5-7-9-11-13-15-17-19-21-23-25-27-29-30-31-32-33-34-35-36-38-40-42-44-46-48-50-52-54-56-58-60-62-67(70)72-65(63-68)64-71-66(69)61-59-57-55-53-51-49-47-45-43-41-39-37-28-26-24-22-20-18-16-14-12-10-8-6-4-2/h5,7,11,13,16-19,22-25,29-30,32-33,35-36,40,42,65,68H,3-4,6,8-10,12,14-15,20-21,26-28,31,34,37-39,41,43-64H2,1-2H3/b7-5-,13-11-,18-16-,19-17-,24-22-,25-23-,30-29-,33-32-,36-35-,42-40-. The summed E-state index contributed by atoms with van der Waals surface area (Å²) in [7, 11) is 0. The van der Waals surface area contributed by atoms with Gasteiger partial charge in [0.15, 0.2) is 6.10 Å². The zero-order valence-corrected chi connectivity index (χ0v) is 46.9. The lowest BCUT2D eigenvalue weighted by Crippen LogP contribution is -2.28. The van der Waals surface area contributed by atoms with E-state index in [1.165, 1.54) is 141 Å². The molecule has 1 N–H and O–H groups in total. The number of aliphatic hydroxyl groups is 1. The summed E-state index contributed by atoms with van der Waals surface area (Å²) >= 11 is 0. The minimum absolute atomic E-state index is 0.0750. The highest BCUT2D eigenvalue weighted by Crippen LogP contribution is 2.15. The molecule has 0 rings (SSSR count). The van der Waals surface area contributed by atoms with Gasteiger partial charge < -0.3 is 14.6 Å². The predicted octanol–water partition coefficient (Wildman–Crippen LogP) is 20.6. The van der Waals surface area contributed by atoms with Gasteiger partial charge in [0.1, 0.15) is 6.61 Å². The molecule has 410 valence electrons. The van der Waals surface area contributed by atoms with Crippen LogP contribution in [0, 0.1) is 0 Å². The number of rotatable bonds is 54. The maximum Gasteiger partial charge on any atom is 0.306 e. The van der Waals surface area contributed by atoms with Gasteiger partial charge in [-0.25, -0.2) is 0 Å². The highest BCUT2D eigenvalue weighted by atomic mass is 16.6. The molecule has 0 amide bonds. The van der Waals surface area contributed by atoms with Crippen LogP contribution in [0.5, 0.6) is 0 Å². The van der Waals surface area contributed by atoms with Crippen LogP contribution in [0.15, 0.2) is 122 Å². The molecule has 0 aromatic heterocycles. The lowest BCUT2D eigenvalue weighted by atomic mass is 10.0. The van der Waals surface area contributed by atoms with Gasteiger partial charge in [-0.3, -0.25) is 9.59 Å². The second-order valence-electron chi connectivity index (χ2n) is 19.7. The minimum atomic E-state index is -0.786. The van der Waals surface area contributed by atoms with Crippen molar-refractivity contribution in [2.45, 2.75) is 277 Å². The van der Waals surface area contributed by atoms with E-state index in [-0.39, 0.29) is 25.2 Å². The second-order valence-corrected chi connectivity index (χ2v) is 19.7. The quantitative estimate of drug-likeness (QED) is 0.0373. The summed E-state index contributed by atoms with van der Waals surface area (Å²) in [4.78, 5) is 24.6. The van der Waals surface area contributed by atoms with Crippen molar-refractivity contribution in [1.82, 2.24) is 0 Å². The molecule has 72 heavy (non-hydrogen) atoms. The topological polar surface area (TPSA) is 72.8 Å². The van der Waals surface area contributed by atoms with Crippen molar-refractivity contribution in [3.05, 3.63) is 122 Å². The van der Waals surface area contributed by atoms with E-state index in [0.29, 0.717) is 12.8 Å². The van der Waals surface area contributed by atoms with Crippen LogP contribution in [0.25, 0.3) is 0 Å². The Kier molecular flexibility index (Phi) is 58.4. The predicted molar refractivity (Wildman–Crippen MR) is 315 cm³/mol. The average molecular weight is 998 g/mol. The van der Waals surface area contributed by atoms with Gasteiger partial charge >= 0.3 is 11.9 Å². The van der Waals surface area contributed by atoms with E-state index in [1.54, 1.807) is 0 Å². The Hall–Kier alpha value is -3.70. The van der Waals surface area contributed by atoms with Crippen molar-refractivity contribution < 1.29 is 24.2 Å². The van der Waals surface area contributed by atoms with Crippen molar-refractivity contribution in [1.29, 1.82) is 0 Å². The van der Waals surface area contributed by atoms with Gasteiger partial charge in [0, 0.05) is 12.8 Å².